The number of rotatable bonds is 8. The smallest absolute Gasteiger partial charge is 0.282 e. The molecule has 2 heterocycles. The summed E-state index contributed by atoms with van der Waals surface area (Å²) in [6, 6.07) is 5.43. The van der Waals surface area contributed by atoms with Gasteiger partial charge >= 0.3 is 0 Å². The van der Waals surface area contributed by atoms with Crippen LogP contribution in [0.25, 0.3) is 6.08 Å². The van der Waals surface area contributed by atoms with Crippen LogP contribution in [0.3, 0.4) is 0 Å². The van der Waals surface area contributed by atoms with Crippen LogP contribution in [0.5, 0.6) is 11.5 Å². The Hall–Kier alpha value is -2.36. The normalized spacial score (nSPS) is 19.0. The van der Waals surface area contributed by atoms with E-state index in [2.05, 4.69) is 6.58 Å². The summed E-state index contributed by atoms with van der Waals surface area (Å²) in [6.45, 7) is 6.59. The molecule has 3 rings (SSSR count). The standard InChI is InChI=1S/C23H33N3O5S/c1-3-18-31-21-10-8-20(19-22(21)30-2)9-11-23(27)24-14-16-26(17-15-24)32(28,29)25-12-6-4-5-7-13-25/h3,8-11,19H,1,4-7,12-18H2,2H3/b11-9+. The molecule has 0 N–H and O–H groups in total. The largest absolute Gasteiger partial charge is 0.493 e. The number of hydrogen-bond acceptors (Lipinski definition) is 5. The van der Waals surface area contributed by atoms with E-state index in [4.69, 9.17) is 9.47 Å². The summed E-state index contributed by atoms with van der Waals surface area (Å²) in [5.41, 5.74) is 0.809. The van der Waals surface area contributed by atoms with Crippen molar-refractivity contribution in [1.29, 1.82) is 0 Å². The minimum absolute atomic E-state index is 0.136. The van der Waals surface area contributed by atoms with E-state index in [1.54, 1.807) is 40.6 Å². The van der Waals surface area contributed by atoms with Gasteiger partial charge in [-0.1, -0.05) is 31.6 Å². The van der Waals surface area contributed by atoms with Gasteiger partial charge in [-0.3, -0.25) is 4.79 Å². The van der Waals surface area contributed by atoms with Crippen molar-refractivity contribution in [2.45, 2.75) is 25.7 Å². The first-order valence-corrected chi connectivity index (χ1v) is 12.5. The van der Waals surface area contributed by atoms with Crippen molar-refractivity contribution in [3.05, 3.63) is 42.5 Å². The monoisotopic (exact) mass is 463 g/mol. The van der Waals surface area contributed by atoms with Crippen LogP contribution in [-0.4, -0.2) is 80.8 Å². The number of ether oxygens (including phenoxy) is 2. The van der Waals surface area contributed by atoms with E-state index >= 15 is 0 Å². The summed E-state index contributed by atoms with van der Waals surface area (Å²) in [4.78, 5) is 14.3. The second kappa shape index (κ2) is 11.5. The summed E-state index contributed by atoms with van der Waals surface area (Å²) in [7, 11) is -1.89. The minimum Gasteiger partial charge on any atom is -0.493 e. The van der Waals surface area contributed by atoms with E-state index < -0.39 is 10.2 Å². The Balaban J connectivity index is 1.56. The number of amides is 1. The first-order valence-electron chi connectivity index (χ1n) is 11.1. The van der Waals surface area contributed by atoms with E-state index in [1.165, 1.54) is 10.4 Å². The minimum atomic E-state index is -3.45. The Labute approximate surface area is 191 Å². The van der Waals surface area contributed by atoms with E-state index in [0.29, 0.717) is 57.4 Å². The maximum absolute atomic E-state index is 12.9. The number of carbonyl (C=O) groups is 1. The van der Waals surface area contributed by atoms with Crippen LogP contribution < -0.4 is 9.47 Å². The Morgan fingerprint density at radius 3 is 2.28 bits per heavy atom. The molecule has 0 radical (unpaired) electrons. The highest BCUT2D eigenvalue weighted by Gasteiger charge is 2.33. The van der Waals surface area contributed by atoms with Gasteiger partial charge in [0.1, 0.15) is 6.61 Å². The molecule has 1 aromatic rings. The van der Waals surface area contributed by atoms with E-state index in [1.807, 2.05) is 6.07 Å². The summed E-state index contributed by atoms with van der Waals surface area (Å²) in [5, 5.41) is 0. The van der Waals surface area contributed by atoms with Crippen molar-refractivity contribution < 1.29 is 22.7 Å². The maximum atomic E-state index is 12.9. The van der Waals surface area contributed by atoms with E-state index in [0.717, 1.165) is 31.2 Å². The lowest BCUT2D eigenvalue weighted by Crippen LogP contribution is -2.54. The average molecular weight is 464 g/mol. The van der Waals surface area contributed by atoms with Crippen LogP contribution in [0.4, 0.5) is 0 Å². The molecular formula is C23H33N3O5S. The molecular weight excluding hydrogens is 430 g/mol. The lowest BCUT2D eigenvalue weighted by atomic mass is 10.2. The predicted octanol–water partition coefficient (Wildman–Crippen LogP) is 2.54. The van der Waals surface area contributed by atoms with Gasteiger partial charge in [0, 0.05) is 45.3 Å². The van der Waals surface area contributed by atoms with Gasteiger partial charge in [0.2, 0.25) is 5.91 Å². The second-order valence-electron chi connectivity index (χ2n) is 7.89. The van der Waals surface area contributed by atoms with Crippen molar-refractivity contribution in [2.24, 2.45) is 0 Å². The Bertz CT molecular complexity index is 916. The number of nitrogens with zero attached hydrogens (tertiary/aromatic N) is 3. The molecule has 0 atom stereocenters. The number of carbonyl (C=O) groups excluding carboxylic acids is 1. The van der Waals surface area contributed by atoms with E-state index in [9.17, 15) is 13.2 Å². The van der Waals surface area contributed by atoms with Gasteiger partial charge in [0.25, 0.3) is 10.2 Å². The van der Waals surface area contributed by atoms with Gasteiger partial charge in [0.15, 0.2) is 11.5 Å². The molecule has 2 aliphatic rings. The molecule has 2 saturated heterocycles. The quantitative estimate of drug-likeness (QED) is 0.437. The van der Waals surface area contributed by atoms with Gasteiger partial charge in [-0.25, -0.2) is 0 Å². The third-order valence-corrected chi connectivity index (χ3v) is 7.77. The molecule has 1 aromatic carbocycles. The van der Waals surface area contributed by atoms with Gasteiger partial charge in [-0.05, 0) is 36.6 Å². The topological polar surface area (TPSA) is 79.4 Å². The Morgan fingerprint density at radius 1 is 1.00 bits per heavy atom. The van der Waals surface area contributed by atoms with Gasteiger partial charge in [-0.15, -0.1) is 0 Å². The molecule has 0 bridgehead atoms. The second-order valence-corrected chi connectivity index (χ2v) is 9.82. The van der Waals surface area contributed by atoms with Crippen molar-refractivity contribution in [3.8, 4) is 11.5 Å². The number of piperazine rings is 1. The first kappa shape index (κ1) is 24.3. The van der Waals surface area contributed by atoms with Crippen LogP contribution in [0.15, 0.2) is 36.9 Å². The van der Waals surface area contributed by atoms with Gasteiger partial charge in [-0.2, -0.15) is 17.0 Å². The van der Waals surface area contributed by atoms with Gasteiger partial charge in [0.05, 0.1) is 7.11 Å². The Kier molecular flexibility index (Phi) is 8.72. The summed E-state index contributed by atoms with van der Waals surface area (Å²) in [5.74, 6) is 1.05. The SMILES string of the molecule is C=CCOc1ccc(/C=C/C(=O)N2CCN(S(=O)(=O)N3CCCCCC3)CC2)cc1OC. The van der Waals surface area contributed by atoms with Crippen molar-refractivity contribution in [2.75, 3.05) is 53.0 Å². The predicted molar refractivity (Wildman–Crippen MR) is 125 cm³/mol. The zero-order chi connectivity index (χ0) is 23.0. The van der Waals surface area contributed by atoms with Crippen molar-refractivity contribution in [3.63, 3.8) is 0 Å². The van der Waals surface area contributed by atoms with Gasteiger partial charge < -0.3 is 14.4 Å². The molecule has 1 amide bonds. The molecule has 9 heteroatoms. The van der Waals surface area contributed by atoms with Crippen LogP contribution >= 0.6 is 0 Å². The fourth-order valence-electron chi connectivity index (χ4n) is 3.90. The molecule has 0 saturated carbocycles. The highest BCUT2D eigenvalue weighted by Crippen LogP contribution is 2.28. The third kappa shape index (κ3) is 6.11. The fraction of sp³-hybridized carbons (Fsp3) is 0.522. The number of benzene rings is 1. The van der Waals surface area contributed by atoms with Crippen LogP contribution in [0.1, 0.15) is 31.2 Å². The maximum Gasteiger partial charge on any atom is 0.282 e. The molecule has 0 aliphatic carbocycles. The summed E-state index contributed by atoms with van der Waals surface area (Å²) >= 11 is 0. The lowest BCUT2D eigenvalue weighted by molar-refractivity contribution is -0.127. The zero-order valence-corrected chi connectivity index (χ0v) is 19.6. The van der Waals surface area contributed by atoms with Crippen LogP contribution in [0.2, 0.25) is 0 Å². The molecule has 176 valence electrons. The first-order chi connectivity index (χ1) is 15.5. The van der Waals surface area contributed by atoms with Crippen molar-refractivity contribution in [1.82, 2.24) is 13.5 Å². The van der Waals surface area contributed by atoms with E-state index in [-0.39, 0.29) is 5.91 Å². The molecule has 0 aromatic heterocycles. The number of methoxy groups -OCH3 is 1. The molecule has 0 unspecified atom stereocenters. The molecule has 32 heavy (non-hydrogen) atoms. The average Bonchev–Trinajstić information content (AvgIpc) is 3.12. The molecule has 2 aliphatic heterocycles. The molecule has 2 fully saturated rings. The molecule has 8 nitrogen and oxygen atoms in total. The fourth-order valence-corrected chi connectivity index (χ4v) is 5.57. The number of hydrogen-bond donors (Lipinski definition) is 0. The van der Waals surface area contributed by atoms with Crippen LogP contribution in [0, 0.1) is 0 Å². The lowest BCUT2D eigenvalue weighted by Gasteiger charge is -2.36. The highest BCUT2D eigenvalue weighted by molar-refractivity contribution is 7.86. The van der Waals surface area contributed by atoms with Crippen molar-refractivity contribution >= 4 is 22.2 Å². The molecule has 0 spiro atoms. The summed E-state index contributed by atoms with van der Waals surface area (Å²) < 4.78 is 39.9. The zero-order valence-electron chi connectivity index (χ0n) is 18.7. The Morgan fingerprint density at radius 2 is 1.66 bits per heavy atom. The third-order valence-electron chi connectivity index (χ3n) is 5.73. The highest BCUT2D eigenvalue weighted by atomic mass is 32.2. The summed E-state index contributed by atoms with van der Waals surface area (Å²) in [6.07, 6.45) is 8.88. The van der Waals surface area contributed by atoms with Crippen LogP contribution in [-0.2, 0) is 15.0 Å².